The molecule has 10 nitrogen and oxygen atoms in total. The van der Waals surface area contributed by atoms with Crippen LogP contribution >= 0.6 is 0 Å². The van der Waals surface area contributed by atoms with E-state index in [1.54, 1.807) is 11.0 Å². The van der Waals surface area contributed by atoms with Crippen molar-refractivity contribution >= 4 is 29.0 Å². The van der Waals surface area contributed by atoms with Gasteiger partial charge in [-0.15, -0.1) is 18.3 Å². The summed E-state index contributed by atoms with van der Waals surface area (Å²) < 4.78 is 51.5. The number of ether oxygens (including phenoxy) is 1. The number of alkyl halides is 3. The Hall–Kier alpha value is -5.04. The van der Waals surface area contributed by atoms with Crippen molar-refractivity contribution in [1.29, 1.82) is 0 Å². The molecule has 6 rings (SSSR count). The molecule has 1 amide bonds. The normalized spacial score (nSPS) is 16.7. The maximum absolute atomic E-state index is 13.5. The highest BCUT2D eigenvalue weighted by Crippen LogP contribution is 2.36. The largest absolute Gasteiger partial charge is 0.417 e. The fourth-order valence-electron chi connectivity index (χ4n) is 4.49. The summed E-state index contributed by atoms with van der Waals surface area (Å²) in [5.41, 5.74) is 2.09. The molecule has 4 heterocycles. The van der Waals surface area contributed by atoms with Gasteiger partial charge in [0.25, 0.3) is 11.8 Å². The molecule has 13 heteroatoms. The molecule has 0 spiro atoms. The predicted octanol–water partition coefficient (Wildman–Crippen LogP) is 5.02. The molecule has 2 aliphatic heterocycles. The highest BCUT2D eigenvalue weighted by molar-refractivity contribution is 6.19. The molecule has 0 radical (unpaired) electrons. The van der Waals surface area contributed by atoms with Crippen LogP contribution in [0.2, 0.25) is 0 Å². The molecule has 2 aromatic carbocycles. The highest BCUT2D eigenvalue weighted by atomic mass is 19.4. The molecule has 0 aliphatic carbocycles. The second kappa shape index (κ2) is 12.2. The number of aliphatic imine (C=N–C) groups is 1. The number of benzodiazepines with no additional fused rings is 1. The predicted molar refractivity (Wildman–Crippen MR) is 151 cm³/mol. The van der Waals surface area contributed by atoms with Gasteiger partial charge in [0, 0.05) is 30.4 Å². The molecule has 0 saturated carbocycles. The summed E-state index contributed by atoms with van der Waals surface area (Å²) in [6.45, 7) is 7.45. The van der Waals surface area contributed by atoms with E-state index in [9.17, 15) is 18.0 Å². The number of aromatic nitrogens is 3. The molecular formula is C29H26F3N7O3. The van der Waals surface area contributed by atoms with Gasteiger partial charge in [0.15, 0.2) is 5.69 Å². The average Bonchev–Trinajstić information content (AvgIpc) is 3.43. The first-order valence-corrected chi connectivity index (χ1v) is 12.9. The lowest BCUT2D eigenvalue weighted by Crippen LogP contribution is -2.36. The van der Waals surface area contributed by atoms with Crippen molar-refractivity contribution < 1.29 is 27.1 Å². The molecule has 4 aromatic rings. The topological polar surface area (TPSA) is 118 Å². The standard InChI is InChI=1S/C27H22F3N7O3.C2H4/c28-27(29,30)17-14-20(37-10-12-39-13-11-37)22(31-15-17)25-35-36-26(40-25)34-23-24(38)32-19-9-5-4-8-18(19)21(33-23)16-6-2-1-3-7-16;1-2/h1-9,14-15,23H,10-13H2,(H,32,38)(H,34,36);1-2H2. The first kappa shape index (κ1) is 28.5. The quantitative estimate of drug-likeness (QED) is 0.318. The summed E-state index contributed by atoms with van der Waals surface area (Å²) in [5, 5.41) is 13.7. The summed E-state index contributed by atoms with van der Waals surface area (Å²) in [6.07, 6.45) is -4.99. The third kappa shape index (κ3) is 6.00. The van der Waals surface area contributed by atoms with Gasteiger partial charge >= 0.3 is 12.2 Å². The minimum Gasteiger partial charge on any atom is -0.402 e. The van der Waals surface area contributed by atoms with Crippen molar-refractivity contribution in [3.05, 3.63) is 96.7 Å². The van der Waals surface area contributed by atoms with E-state index in [0.717, 1.165) is 23.4 Å². The second-order valence-electron chi connectivity index (χ2n) is 9.03. The van der Waals surface area contributed by atoms with Crippen LogP contribution in [0.15, 0.2) is 89.4 Å². The van der Waals surface area contributed by atoms with E-state index in [0.29, 0.717) is 37.7 Å². The Morgan fingerprint density at radius 2 is 1.71 bits per heavy atom. The number of fused-ring (bicyclic) bond motifs is 1. The Morgan fingerprint density at radius 3 is 2.45 bits per heavy atom. The van der Waals surface area contributed by atoms with Crippen LogP contribution in [0.5, 0.6) is 0 Å². The van der Waals surface area contributed by atoms with Crippen LogP contribution in [0.4, 0.5) is 30.6 Å². The van der Waals surface area contributed by atoms with E-state index in [1.807, 2.05) is 48.5 Å². The Labute approximate surface area is 239 Å². The summed E-state index contributed by atoms with van der Waals surface area (Å²) in [4.78, 5) is 23.6. The van der Waals surface area contributed by atoms with Crippen molar-refractivity contribution in [3.63, 3.8) is 0 Å². The van der Waals surface area contributed by atoms with Gasteiger partial charge in [-0.1, -0.05) is 53.6 Å². The third-order valence-corrected chi connectivity index (χ3v) is 6.43. The lowest BCUT2D eigenvalue weighted by molar-refractivity contribution is -0.137. The van der Waals surface area contributed by atoms with Gasteiger partial charge in [-0.2, -0.15) is 13.2 Å². The van der Waals surface area contributed by atoms with Crippen molar-refractivity contribution in [2.24, 2.45) is 4.99 Å². The highest BCUT2D eigenvalue weighted by Gasteiger charge is 2.34. The Morgan fingerprint density at radius 1 is 1.00 bits per heavy atom. The summed E-state index contributed by atoms with van der Waals surface area (Å²) in [6, 6.07) is 17.6. The number of nitrogens with one attached hydrogen (secondary N) is 2. The minimum absolute atomic E-state index is 0.0849. The molecule has 1 saturated heterocycles. The average molecular weight is 578 g/mol. The number of para-hydroxylation sites is 1. The summed E-state index contributed by atoms with van der Waals surface area (Å²) >= 11 is 0. The monoisotopic (exact) mass is 577 g/mol. The van der Waals surface area contributed by atoms with E-state index in [1.165, 1.54) is 0 Å². The van der Waals surface area contributed by atoms with Gasteiger partial charge in [0.1, 0.15) is 0 Å². The SMILES string of the molecule is C=C.O=C1Nc2ccccc2C(c2ccccc2)=NC1Nc1nnc(-c2ncc(C(F)(F)F)cc2N2CCOCC2)o1. The third-order valence-electron chi connectivity index (χ3n) is 6.43. The number of anilines is 3. The van der Waals surface area contributed by atoms with Gasteiger partial charge < -0.3 is 24.7 Å². The number of halogens is 3. The molecule has 2 N–H and O–H groups in total. The van der Waals surface area contributed by atoms with Crippen molar-refractivity contribution in [2.45, 2.75) is 12.3 Å². The number of morpholine rings is 1. The Kier molecular flexibility index (Phi) is 8.29. The summed E-state index contributed by atoms with van der Waals surface area (Å²) in [5.74, 6) is -0.568. The van der Waals surface area contributed by atoms with Crippen LogP contribution in [0.25, 0.3) is 11.6 Å². The van der Waals surface area contributed by atoms with E-state index in [-0.39, 0.29) is 23.3 Å². The molecule has 2 aliphatic rings. The first-order valence-electron chi connectivity index (χ1n) is 12.9. The number of nitrogens with zero attached hydrogens (tertiary/aromatic N) is 5. The Bertz CT molecular complexity index is 1580. The molecule has 1 unspecified atom stereocenters. The van der Waals surface area contributed by atoms with Gasteiger partial charge in [0.2, 0.25) is 6.17 Å². The maximum Gasteiger partial charge on any atom is 0.417 e. The zero-order chi connectivity index (χ0) is 29.7. The molecule has 42 heavy (non-hydrogen) atoms. The van der Waals surface area contributed by atoms with Crippen LogP contribution in [0.1, 0.15) is 16.7 Å². The van der Waals surface area contributed by atoms with Crippen molar-refractivity contribution in [2.75, 3.05) is 41.8 Å². The lowest BCUT2D eigenvalue weighted by Gasteiger charge is -2.30. The first-order chi connectivity index (χ1) is 20.4. The maximum atomic E-state index is 13.5. The van der Waals surface area contributed by atoms with Crippen LogP contribution in [-0.2, 0) is 15.7 Å². The molecule has 216 valence electrons. The zero-order valence-corrected chi connectivity index (χ0v) is 22.3. The van der Waals surface area contributed by atoms with Crippen LogP contribution in [0, 0.1) is 0 Å². The lowest BCUT2D eigenvalue weighted by atomic mass is 10.0. The van der Waals surface area contributed by atoms with E-state index in [4.69, 9.17) is 9.15 Å². The van der Waals surface area contributed by atoms with E-state index in [2.05, 4.69) is 44.0 Å². The number of rotatable bonds is 5. The van der Waals surface area contributed by atoms with E-state index >= 15 is 0 Å². The van der Waals surface area contributed by atoms with Crippen molar-refractivity contribution in [3.8, 4) is 11.6 Å². The second-order valence-corrected chi connectivity index (χ2v) is 9.03. The number of carbonyl (C=O) groups excluding carboxylic acids is 1. The van der Waals surface area contributed by atoms with Crippen LogP contribution in [-0.4, -0.2) is 59.3 Å². The minimum atomic E-state index is -4.58. The van der Waals surface area contributed by atoms with Gasteiger partial charge in [-0.25, -0.2) is 9.98 Å². The fourth-order valence-corrected chi connectivity index (χ4v) is 4.49. The van der Waals surface area contributed by atoms with E-state index < -0.39 is 23.8 Å². The Balaban J connectivity index is 0.00000173. The number of hydrogen-bond acceptors (Lipinski definition) is 9. The van der Waals surface area contributed by atoms with Crippen LogP contribution in [0.3, 0.4) is 0 Å². The van der Waals surface area contributed by atoms with Gasteiger partial charge in [0.05, 0.1) is 35.9 Å². The number of hydrogen-bond donors (Lipinski definition) is 2. The fraction of sp³-hybridized carbons (Fsp3) is 0.207. The number of pyridine rings is 1. The molecular weight excluding hydrogens is 551 g/mol. The molecule has 2 aromatic heterocycles. The van der Waals surface area contributed by atoms with Crippen LogP contribution < -0.4 is 15.5 Å². The van der Waals surface area contributed by atoms with Gasteiger partial charge in [-0.05, 0) is 12.1 Å². The zero-order valence-electron chi connectivity index (χ0n) is 22.3. The molecule has 1 atom stereocenters. The number of amides is 1. The molecule has 0 bridgehead atoms. The number of benzene rings is 2. The summed E-state index contributed by atoms with van der Waals surface area (Å²) in [7, 11) is 0. The van der Waals surface area contributed by atoms with Crippen molar-refractivity contribution in [1.82, 2.24) is 15.2 Å². The smallest absolute Gasteiger partial charge is 0.402 e. The molecule has 1 fully saturated rings. The van der Waals surface area contributed by atoms with Gasteiger partial charge in [-0.3, -0.25) is 4.79 Å². The number of carbonyl (C=O) groups is 1.